The van der Waals surface area contributed by atoms with Crippen LogP contribution in [0, 0.1) is 10.8 Å². The Morgan fingerprint density at radius 2 is 1.98 bits per heavy atom. The number of hydrogen-bond donors (Lipinski definition) is 2. The number of aromatic amines is 1. The van der Waals surface area contributed by atoms with E-state index in [0.717, 1.165) is 56.0 Å². The molecule has 3 aliphatic carbocycles. The first kappa shape index (κ1) is 32.4. The van der Waals surface area contributed by atoms with Crippen LogP contribution in [0.25, 0.3) is 42.5 Å². The van der Waals surface area contributed by atoms with E-state index in [2.05, 4.69) is 10.2 Å². The summed E-state index contributed by atoms with van der Waals surface area (Å²) in [5, 5.41) is 21.8. The Bertz CT molecular complexity index is 2210. The van der Waals surface area contributed by atoms with Gasteiger partial charge >= 0.3 is 6.01 Å². The predicted molar refractivity (Wildman–Crippen MR) is 189 cm³/mol. The molecular formula is C36H37ClF3N7O3S. The first-order chi connectivity index (χ1) is 24.4. The van der Waals surface area contributed by atoms with Gasteiger partial charge in [0.25, 0.3) is 5.92 Å². The molecule has 0 bridgehead atoms. The van der Waals surface area contributed by atoms with Crippen LogP contribution in [0.15, 0.2) is 24.5 Å². The molecule has 1 aromatic carbocycles. The van der Waals surface area contributed by atoms with Gasteiger partial charge in [0, 0.05) is 65.6 Å². The van der Waals surface area contributed by atoms with Crippen LogP contribution in [0.3, 0.4) is 0 Å². The maximum Gasteiger partial charge on any atom is 0.319 e. The van der Waals surface area contributed by atoms with Gasteiger partial charge in [0.1, 0.15) is 29.0 Å². The number of aliphatic hydroxyl groups is 1. The monoisotopic (exact) mass is 739 g/mol. The molecule has 2 aliphatic heterocycles. The van der Waals surface area contributed by atoms with Gasteiger partial charge in [-0.3, -0.25) is 10.1 Å². The number of fused-ring (bicyclic) bond motifs is 4. The van der Waals surface area contributed by atoms with E-state index in [1.165, 1.54) is 11.3 Å². The number of nitrogens with zero attached hydrogens (tertiary/aromatic N) is 6. The maximum absolute atomic E-state index is 15.1. The zero-order valence-corrected chi connectivity index (χ0v) is 29.6. The third-order valence-electron chi connectivity index (χ3n) is 11.6. The summed E-state index contributed by atoms with van der Waals surface area (Å²) in [4.78, 5) is 19.3. The van der Waals surface area contributed by atoms with Gasteiger partial charge in [-0.05, 0) is 56.2 Å². The van der Waals surface area contributed by atoms with Gasteiger partial charge in [-0.25, -0.2) is 13.2 Å². The van der Waals surface area contributed by atoms with Crippen molar-refractivity contribution in [2.75, 3.05) is 57.4 Å². The number of thiophene rings is 1. The van der Waals surface area contributed by atoms with Crippen molar-refractivity contribution >= 4 is 60.0 Å². The Morgan fingerprint density at radius 3 is 2.73 bits per heavy atom. The van der Waals surface area contributed by atoms with Crippen molar-refractivity contribution in [2.24, 2.45) is 10.8 Å². The first-order valence-electron chi connectivity index (χ1n) is 17.6. The van der Waals surface area contributed by atoms with Gasteiger partial charge in [-0.2, -0.15) is 15.1 Å². The zero-order valence-electron chi connectivity index (χ0n) is 28.0. The Kier molecular flexibility index (Phi) is 7.05. The SMILES string of the molecule is C[C@@]1(O)COCCN(c2nc(OC[C@]3(CN4CC5(CC(F)C5)C4)CC3(F)F)nc3sc4c(-c5c(C6CC6)c(Cl)cc6[nH]ncc56)nccc4c23)C1. The van der Waals surface area contributed by atoms with E-state index in [1.54, 1.807) is 13.1 Å². The summed E-state index contributed by atoms with van der Waals surface area (Å²) in [6, 6.07) is 3.87. The molecule has 5 aromatic rings. The number of alkyl halides is 3. The first-order valence-corrected chi connectivity index (χ1v) is 18.8. The van der Waals surface area contributed by atoms with Crippen LogP contribution in [0.2, 0.25) is 5.02 Å². The number of likely N-dealkylation sites (tertiary alicyclic amines) is 1. The molecular weight excluding hydrogens is 703 g/mol. The Labute approximate surface area is 300 Å². The number of nitrogens with one attached hydrogen (secondary N) is 1. The van der Waals surface area contributed by atoms with Gasteiger partial charge < -0.3 is 24.4 Å². The number of anilines is 1. The number of ether oxygens (including phenoxy) is 2. The minimum atomic E-state index is -2.88. The standard InChI is InChI=1S/C36H37ClF3N7O3S/c1-33(48)13-47(6-7-49-17-33)30-27-21-4-5-41-28(26-22-11-42-45-24(22)8-23(37)25(26)19-2-3-19)29(21)51-31(27)44-32(43-30)50-18-35(12-36(35,39)40)16-46-14-34(15-46)9-20(38)10-34/h4-5,8,11,19-20,48H,2-3,6-7,9-10,12-18H2,1H3,(H,42,45)/t33-,35+/m0/s1. The molecule has 5 aliphatic rings. The number of rotatable bonds is 8. The number of pyridine rings is 1. The number of hydrogen-bond acceptors (Lipinski definition) is 10. The average molecular weight is 740 g/mol. The fraction of sp³-hybridized carbons (Fsp3) is 0.556. The van der Waals surface area contributed by atoms with Gasteiger partial charge in [0.15, 0.2) is 0 Å². The largest absolute Gasteiger partial charge is 0.462 e. The Balaban J connectivity index is 1.06. The van der Waals surface area contributed by atoms with Crippen LogP contribution in [0.4, 0.5) is 19.0 Å². The maximum atomic E-state index is 15.1. The van der Waals surface area contributed by atoms with Crippen LogP contribution in [0.5, 0.6) is 6.01 Å². The lowest BCUT2D eigenvalue weighted by atomic mass is 9.62. The molecule has 51 heavy (non-hydrogen) atoms. The zero-order chi connectivity index (χ0) is 34.9. The highest BCUT2D eigenvalue weighted by atomic mass is 35.5. The lowest BCUT2D eigenvalue weighted by molar-refractivity contribution is -0.117. The third kappa shape index (κ3) is 5.30. The predicted octanol–water partition coefficient (Wildman–Crippen LogP) is 6.74. The molecule has 10 nitrogen and oxygen atoms in total. The number of aromatic nitrogens is 5. The van der Waals surface area contributed by atoms with Gasteiger partial charge in [0.2, 0.25) is 0 Å². The lowest BCUT2D eigenvalue weighted by Gasteiger charge is -2.57. The summed E-state index contributed by atoms with van der Waals surface area (Å²) in [6.45, 7) is 4.18. The van der Waals surface area contributed by atoms with Gasteiger partial charge in [0.05, 0.1) is 52.7 Å². The van der Waals surface area contributed by atoms with E-state index < -0.39 is 23.1 Å². The van der Waals surface area contributed by atoms with Crippen LogP contribution in [-0.2, 0) is 4.74 Å². The summed E-state index contributed by atoms with van der Waals surface area (Å²) >= 11 is 8.36. The second-order valence-electron chi connectivity index (χ2n) is 16.0. The van der Waals surface area contributed by atoms with Crippen molar-refractivity contribution in [3.63, 3.8) is 0 Å². The lowest BCUT2D eigenvalue weighted by Crippen LogP contribution is -2.64. The van der Waals surface area contributed by atoms with Crippen LogP contribution in [0.1, 0.15) is 50.5 Å². The average Bonchev–Trinajstić information content (AvgIpc) is 3.88. The molecule has 268 valence electrons. The molecule has 0 radical (unpaired) electrons. The van der Waals surface area contributed by atoms with Crippen molar-refractivity contribution in [2.45, 2.75) is 62.6 Å². The number of halogens is 4. The fourth-order valence-electron chi connectivity index (χ4n) is 8.86. The minimum Gasteiger partial charge on any atom is -0.462 e. The van der Waals surface area contributed by atoms with E-state index in [9.17, 15) is 9.50 Å². The molecule has 1 spiro atoms. The van der Waals surface area contributed by atoms with Crippen molar-refractivity contribution in [3.05, 3.63) is 35.1 Å². The highest BCUT2D eigenvalue weighted by Crippen LogP contribution is 2.62. The van der Waals surface area contributed by atoms with E-state index in [1.807, 2.05) is 28.1 Å². The van der Waals surface area contributed by atoms with E-state index in [-0.39, 0.29) is 44.1 Å². The molecule has 2 saturated heterocycles. The molecule has 10 rings (SSSR count). The molecule has 0 amide bonds. The van der Waals surface area contributed by atoms with Gasteiger partial charge in [-0.1, -0.05) is 11.6 Å². The highest BCUT2D eigenvalue weighted by Gasteiger charge is 2.73. The van der Waals surface area contributed by atoms with E-state index >= 15 is 8.78 Å². The molecule has 3 saturated carbocycles. The van der Waals surface area contributed by atoms with Crippen LogP contribution in [-0.4, -0.2) is 105 Å². The van der Waals surface area contributed by atoms with E-state index in [0.29, 0.717) is 60.7 Å². The summed E-state index contributed by atoms with van der Waals surface area (Å²) < 4.78 is 56.5. The summed E-state index contributed by atoms with van der Waals surface area (Å²) in [7, 11) is 0. The molecule has 15 heteroatoms. The molecule has 6 heterocycles. The van der Waals surface area contributed by atoms with Crippen molar-refractivity contribution in [3.8, 4) is 17.3 Å². The number of H-pyrrole nitrogens is 1. The van der Waals surface area contributed by atoms with E-state index in [4.69, 9.17) is 36.0 Å². The second-order valence-corrected chi connectivity index (χ2v) is 17.4. The molecule has 5 fully saturated rings. The minimum absolute atomic E-state index is 0.00319. The molecule has 2 atom stereocenters. The summed E-state index contributed by atoms with van der Waals surface area (Å²) in [6.07, 6.45) is 5.67. The second kappa shape index (κ2) is 11.1. The highest BCUT2D eigenvalue weighted by molar-refractivity contribution is 7.26. The normalized spacial score (nSPS) is 27.6. The topological polar surface area (TPSA) is 113 Å². The van der Waals surface area contributed by atoms with Gasteiger partial charge in [-0.15, -0.1) is 11.3 Å². The number of benzene rings is 1. The fourth-order valence-corrected chi connectivity index (χ4v) is 10.4. The summed E-state index contributed by atoms with van der Waals surface area (Å²) in [5.41, 5.74) is 1.03. The Morgan fingerprint density at radius 1 is 1.18 bits per heavy atom. The van der Waals surface area contributed by atoms with Crippen molar-refractivity contribution in [1.82, 2.24) is 30.0 Å². The van der Waals surface area contributed by atoms with Crippen molar-refractivity contribution in [1.29, 1.82) is 0 Å². The third-order valence-corrected chi connectivity index (χ3v) is 13.0. The Hall–Kier alpha value is -3.30. The smallest absolute Gasteiger partial charge is 0.319 e. The van der Waals surface area contributed by atoms with Crippen molar-refractivity contribution < 1.29 is 27.8 Å². The summed E-state index contributed by atoms with van der Waals surface area (Å²) in [5.74, 6) is -2.01. The van der Waals surface area contributed by atoms with Crippen LogP contribution < -0.4 is 9.64 Å². The molecule has 4 aromatic heterocycles. The quantitative estimate of drug-likeness (QED) is 0.179. The van der Waals surface area contributed by atoms with Crippen LogP contribution >= 0.6 is 22.9 Å². The number of β-amino-alcohol motifs (C(OH)–C–C–N with tert-alkyl or cyclic N) is 1. The molecule has 0 unspecified atom stereocenters. The molecule has 2 N–H and O–H groups in total.